The fourth-order valence-corrected chi connectivity index (χ4v) is 2.48. The number of benzene rings is 1. The number of nitrogens with zero attached hydrogens (tertiary/aromatic N) is 4. The van der Waals surface area contributed by atoms with E-state index in [2.05, 4.69) is 40.8 Å². The molecule has 1 aromatic carbocycles. The zero-order chi connectivity index (χ0) is 15.2. The molecule has 1 N–H and O–H groups in total. The summed E-state index contributed by atoms with van der Waals surface area (Å²) in [6.45, 7) is 10.0. The van der Waals surface area contributed by atoms with Crippen LogP contribution < -0.4 is 4.90 Å². The van der Waals surface area contributed by atoms with E-state index in [1.54, 1.807) is 6.21 Å². The molecule has 2 rings (SSSR count). The van der Waals surface area contributed by atoms with E-state index in [4.69, 9.17) is 0 Å². The molecule has 5 heteroatoms. The van der Waals surface area contributed by atoms with E-state index in [1.165, 1.54) is 0 Å². The molecule has 0 aromatic heterocycles. The van der Waals surface area contributed by atoms with Crippen LogP contribution in [0.2, 0.25) is 0 Å². The van der Waals surface area contributed by atoms with Gasteiger partial charge in [-0.25, -0.2) is 0 Å². The Morgan fingerprint density at radius 3 is 2.43 bits per heavy atom. The Bertz CT molecular complexity index is 477. The number of hydrogen-bond acceptors (Lipinski definition) is 5. The van der Waals surface area contributed by atoms with Gasteiger partial charge in [0.25, 0.3) is 0 Å². The minimum Gasteiger partial charge on any atom is -0.507 e. The maximum atomic E-state index is 10.2. The summed E-state index contributed by atoms with van der Waals surface area (Å²) in [5, 5.41) is 16.7. The van der Waals surface area contributed by atoms with Crippen LogP contribution in [0.4, 0.5) is 5.69 Å². The van der Waals surface area contributed by atoms with Crippen LogP contribution in [0.15, 0.2) is 23.3 Å². The number of phenolic OH excluding ortho intramolecular Hbond substituents is 1. The van der Waals surface area contributed by atoms with Gasteiger partial charge in [-0.1, -0.05) is 0 Å². The summed E-state index contributed by atoms with van der Waals surface area (Å²) in [7, 11) is 2.12. The van der Waals surface area contributed by atoms with Gasteiger partial charge in [0.1, 0.15) is 5.75 Å². The lowest BCUT2D eigenvalue weighted by atomic mass is 10.2. The Balaban J connectivity index is 2.03. The van der Waals surface area contributed by atoms with Gasteiger partial charge in [-0.15, -0.1) is 0 Å². The van der Waals surface area contributed by atoms with E-state index in [9.17, 15) is 5.11 Å². The molecule has 5 nitrogen and oxygen atoms in total. The molecule has 1 fully saturated rings. The Hall–Kier alpha value is -1.75. The molecule has 21 heavy (non-hydrogen) atoms. The first-order valence-corrected chi connectivity index (χ1v) is 7.69. The molecule has 1 aliphatic rings. The summed E-state index contributed by atoms with van der Waals surface area (Å²) in [5.41, 5.74) is 1.82. The molecular weight excluding hydrogens is 264 g/mol. The monoisotopic (exact) mass is 290 g/mol. The average molecular weight is 290 g/mol. The van der Waals surface area contributed by atoms with Crippen LogP contribution in [0.5, 0.6) is 5.75 Å². The highest BCUT2D eigenvalue weighted by Gasteiger charge is 2.11. The number of likely N-dealkylation sites (N-methyl/N-ethyl adjacent to an activating group) is 1. The maximum absolute atomic E-state index is 10.2. The molecule has 0 unspecified atom stereocenters. The van der Waals surface area contributed by atoms with E-state index < -0.39 is 0 Å². The number of piperazine rings is 1. The Morgan fingerprint density at radius 1 is 1.19 bits per heavy atom. The lowest BCUT2D eigenvalue weighted by molar-refractivity contribution is 0.159. The molecule has 1 aliphatic heterocycles. The van der Waals surface area contributed by atoms with Crippen LogP contribution >= 0.6 is 0 Å². The van der Waals surface area contributed by atoms with Crippen molar-refractivity contribution in [1.82, 2.24) is 9.91 Å². The molecule has 1 saturated heterocycles. The van der Waals surface area contributed by atoms with Gasteiger partial charge in [0.2, 0.25) is 0 Å². The van der Waals surface area contributed by atoms with E-state index in [0.717, 1.165) is 50.5 Å². The molecule has 1 heterocycles. The minimum absolute atomic E-state index is 0.289. The standard InChI is InChI=1S/C16H26N4O/c1-4-19(5-2)15-7-6-14(16(21)12-15)13-17-20-10-8-18(3)9-11-20/h6-7,12-13,21H,4-5,8-11H2,1-3H3/b17-13+. The quantitative estimate of drug-likeness (QED) is 0.840. The largest absolute Gasteiger partial charge is 0.507 e. The first kappa shape index (κ1) is 15.6. The molecule has 0 bridgehead atoms. The van der Waals surface area contributed by atoms with Gasteiger partial charge in [-0.3, -0.25) is 5.01 Å². The summed E-state index contributed by atoms with van der Waals surface area (Å²) in [5.74, 6) is 0.289. The second-order valence-electron chi connectivity index (χ2n) is 5.42. The zero-order valence-corrected chi connectivity index (χ0v) is 13.3. The third kappa shape index (κ3) is 4.11. The van der Waals surface area contributed by atoms with Crippen molar-refractivity contribution in [3.63, 3.8) is 0 Å². The summed E-state index contributed by atoms with van der Waals surface area (Å²) in [6, 6.07) is 5.79. The van der Waals surface area contributed by atoms with Crippen molar-refractivity contribution in [3.05, 3.63) is 23.8 Å². The number of aromatic hydroxyl groups is 1. The average Bonchev–Trinajstić information content (AvgIpc) is 2.49. The molecule has 0 spiro atoms. The first-order chi connectivity index (χ1) is 10.1. The summed E-state index contributed by atoms with van der Waals surface area (Å²) in [6.07, 6.45) is 1.76. The first-order valence-electron chi connectivity index (χ1n) is 7.69. The van der Waals surface area contributed by atoms with Gasteiger partial charge in [-0.2, -0.15) is 5.10 Å². The summed E-state index contributed by atoms with van der Waals surface area (Å²) < 4.78 is 0. The van der Waals surface area contributed by atoms with Crippen LogP contribution in [-0.4, -0.2) is 67.5 Å². The van der Waals surface area contributed by atoms with Gasteiger partial charge in [0.05, 0.1) is 6.21 Å². The minimum atomic E-state index is 0.289. The van der Waals surface area contributed by atoms with Gasteiger partial charge in [0, 0.05) is 56.6 Å². The highest BCUT2D eigenvalue weighted by Crippen LogP contribution is 2.23. The van der Waals surface area contributed by atoms with Gasteiger partial charge < -0.3 is 14.9 Å². The van der Waals surface area contributed by atoms with Gasteiger partial charge >= 0.3 is 0 Å². The molecule has 0 saturated carbocycles. The predicted molar refractivity (Wildman–Crippen MR) is 88.3 cm³/mol. The van der Waals surface area contributed by atoms with Crippen molar-refractivity contribution in [3.8, 4) is 5.75 Å². The number of rotatable bonds is 5. The van der Waals surface area contributed by atoms with E-state index in [0.29, 0.717) is 0 Å². The van der Waals surface area contributed by atoms with E-state index in [-0.39, 0.29) is 5.75 Å². The summed E-state index contributed by atoms with van der Waals surface area (Å²) in [4.78, 5) is 4.50. The number of hydrogen-bond donors (Lipinski definition) is 1. The van der Waals surface area contributed by atoms with Crippen molar-refractivity contribution < 1.29 is 5.11 Å². The maximum Gasteiger partial charge on any atom is 0.126 e. The second-order valence-corrected chi connectivity index (χ2v) is 5.42. The highest BCUT2D eigenvalue weighted by molar-refractivity contribution is 5.84. The topological polar surface area (TPSA) is 42.3 Å². The van der Waals surface area contributed by atoms with Crippen molar-refractivity contribution in [2.45, 2.75) is 13.8 Å². The molecule has 1 aromatic rings. The molecule has 0 amide bonds. The Labute approximate surface area is 127 Å². The number of hydrazone groups is 1. The lowest BCUT2D eigenvalue weighted by Crippen LogP contribution is -2.41. The number of phenols is 1. The Kier molecular flexibility index (Phi) is 5.44. The summed E-state index contributed by atoms with van der Waals surface area (Å²) >= 11 is 0. The lowest BCUT2D eigenvalue weighted by Gasteiger charge is -2.30. The van der Waals surface area contributed by atoms with E-state index in [1.807, 2.05) is 18.2 Å². The van der Waals surface area contributed by atoms with Crippen LogP contribution in [0.3, 0.4) is 0 Å². The van der Waals surface area contributed by atoms with Gasteiger partial charge in [-0.05, 0) is 33.0 Å². The predicted octanol–water partition coefficient (Wildman–Crippen LogP) is 1.82. The van der Waals surface area contributed by atoms with Gasteiger partial charge in [0.15, 0.2) is 0 Å². The Morgan fingerprint density at radius 2 is 1.86 bits per heavy atom. The molecular formula is C16H26N4O. The zero-order valence-electron chi connectivity index (χ0n) is 13.3. The smallest absolute Gasteiger partial charge is 0.126 e. The van der Waals surface area contributed by atoms with Crippen molar-refractivity contribution in [2.24, 2.45) is 5.10 Å². The molecule has 0 atom stereocenters. The third-order valence-corrected chi connectivity index (χ3v) is 3.98. The fraction of sp³-hybridized carbons (Fsp3) is 0.562. The van der Waals surface area contributed by atoms with Crippen LogP contribution in [0.25, 0.3) is 0 Å². The highest BCUT2D eigenvalue weighted by atomic mass is 16.3. The van der Waals surface area contributed by atoms with Crippen LogP contribution in [-0.2, 0) is 0 Å². The van der Waals surface area contributed by atoms with Crippen molar-refractivity contribution in [1.29, 1.82) is 0 Å². The fourth-order valence-electron chi connectivity index (χ4n) is 2.48. The van der Waals surface area contributed by atoms with Crippen LogP contribution in [0, 0.1) is 0 Å². The van der Waals surface area contributed by atoms with Crippen LogP contribution in [0.1, 0.15) is 19.4 Å². The third-order valence-electron chi connectivity index (χ3n) is 3.98. The molecule has 116 valence electrons. The van der Waals surface area contributed by atoms with Crippen molar-refractivity contribution in [2.75, 3.05) is 51.2 Å². The van der Waals surface area contributed by atoms with E-state index >= 15 is 0 Å². The SMILES string of the molecule is CCN(CC)c1ccc(/C=N/N2CCN(C)CC2)c(O)c1. The molecule has 0 radical (unpaired) electrons. The number of anilines is 1. The molecule has 0 aliphatic carbocycles. The normalized spacial score (nSPS) is 16.6. The van der Waals surface area contributed by atoms with Crippen molar-refractivity contribution >= 4 is 11.9 Å². The second kappa shape index (κ2) is 7.31.